The standard InChI is InChI=1S/C12H12ClF2N3O/c1-2-10(19)11(18-6-16-12(13)17-18)8-4-3-7(14)5-9(8)15/h3-6,10-11,19H,2H2,1H3. The first-order valence-corrected chi connectivity index (χ1v) is 6.10. The highest BCUT2D eigenvalue weighted by atomic mass is 35.5. The smallest absolute Gasteiger partial charge is 0.242 e. The van der Waals surface area contributed by atoms with Crippen molar-refractivity contribution in [2.24, 2.45) is 0 Å². The molecular formula is C12H12ClF2N3O. The summed E-state index contributed by atoms with van der Waals surface area (Å²) >= 11 is 5.63. The third-order valence-corrected chi connectivity index (χ3v) is 3.00. The van der Waals surface area contributed by atoms with Gasteiger partial charge in [0.05, 0.1) is 6.10 Å². The van der Waals surface area contributed by atoms with Crippen molar-refractivity contribution in [3.8, 4) is 0 Å². The Balaban J connectivity index is 2.48. The molecule has 19 heavy (non-hydrogen) atoms. The molecule has 1 aromatic heterocycles. The van der Waals surface area contributed by atoms with E-state index in [1.807, 2.05) is 0 Å². The van der Waals surface area contributed by atoms with Gasteiger partial charge in [0.25, 0.3) is 0 Å². The van der Waals surface area contributed by atoms with Gasteiger partial charge in [0.15, 0.2) is 0 Å². The van der Waals surface area contributed by atoms with Crippen molar-refractivity contribution < 1.29 is 13.9 Å². The number of hydrogen-bond acceptors (Lipinski definition) is 3. The highest BCUT2D eigenvalue weighted by Gasteiger charge is 2.26. The molecule has 7 heteroatoms. The van der Waals surface area contributed by atoms with Crippen LogP contribution in [0.2, 0.25) is 5.28 Å². The molecule has 2 atom stereocenters. The van der Waals surface area contributed by atoms with Gasteiger partial charge in [-0.1, -0.05) is 13.0 Å². The molecule has 1 N–H and O–H groups in total. The Hall–Kier alpha value is -1.53. The van der Waals surface area contributed by atoms with E-state index in [2.05, 4.69) is 10.1 Å². The minimum Gasteiger partial charge on any atom is -0.391 e. The first kappa shape index (κ1) is 13.9. The molecule has 2 aromatic rings. The van der Waals surface area contributed by atoms with E-state index in [9.17, 15) is 13.9 Å². The normalized spacial score (nSPS) is 14.4. The van der Waals surface area contributed by atoms with Crippen LogP contribution in [0.1, 0.15) is 24.9 Å². The van der Waals surface area contributed by atoms with Crippen LogP contribution in [0.4, 0.5) is 8.78 Å². The van der Waals surface area contributed by atoms with E-state index < -0.39 is 23.8 Å². The lowest BCUT2D eigenvalue weighted by Gasteiger charge is -2.22. The Labute approximate surface area is 113 Å². The maximum absolute atomic E-state index is 13.8. The quantitative estimate of drug-likeness (QED) is 0.940. The Bertz CT molecular complexity index is 576. The zero-order valence-electron chi connectivity index (χ0n) is 10.1. The second kappa shape index (κ2) is 5.63. The number of aliphatic hydroxyl groups is 1. The van der Waals surface area contributed by atoms with Gasteiger partial charge in [-0.2, -0.15) is 0 Å². The van der Waals surface area contributed by atoms with Gasteiger partial charge in [-0.15, -0.1) is 5.10 Å². The molecule has 1 heterocycles. The highest BCUT2D eigenvalue weighted by molar-refractivity contribution is 6.28. The average molecular weight is 288 g/mol. The lowest BCUT2D eigenvalue weighted by Crippen LogP contribution is -2.26. The van der Waals surface area contributed by atoms with Crippen LogP contribution in [0.5, 0.6) is 0 Å². The van der Waals surface area contributed by atoms with Gasteiger partial charge < -0.3 is 5.11 Å². The molecule has 1 aromatic carbocycles. The zero-order chi connectivity index (χ0) is 14.0. The maximum atomic E-state index is 13.8. The summed E-state index contributed by atoms with van der Waals surface area (Å²) in [5, 5.41) is 13.9. The largest absolute Gasteiger partial charge is 0.391 e. The monoisotopic (exact) mass is 287 g/mol. The van der Waals surface area contributed by atoms with Gasteiger partial charge in [0.1, 0.15) is 24.0 Å². The Kier molecular flexibility index (Phi) is 4.11. The highest BCUT2D eigenvalue weighted by Crippen LogP contribution is 2.26. The molecule has 0 saturated heterocycles. The van der Waals surface area contributed by atoms with Crippen LogP contribution in [0.3, 0.4) is 0 Å². The molecule has 0 aliphatic rings. The summed E-state index contributed by atoms with van der Waals surface area (Å²) in [4.78, 5) is 3.74. The lowest BCUT2D eigenvalue weighted by molar-refractivity contribution is 0.118. The lowest BCUT2D eigenvalue weighted by atomic mass is 9.99. The fraction of sp³-hybridized carbons (Fsp3) is 0.333. The molecule has 0 radical (unpaired) electrons. The van der Waals surface area contributed by atoms with Crippen LogP contribution in [-0.4, -0.2) is 26.0 Å². The van der Waals surface area contributed by atoms with Crippen LogP contribution in [0.25, 0.3) is 0 Å². The van der Waals surface area contributed by atoms with Crippen molar-refractivity contribution >= 4 is 11.6 Å². The van der Waals surface area contributed by atoms with E-state index in [-0.39, 0.29) is 10.8 Å². The fourth-order valence-electron chi connectivity index (χ4n) is 1.88. The predicted molar refractivity (Wildman–Crippen MR) is 65.8 cm³/mol. The number of rotatable bonds is 4. The summed E-state index contributed by atoms with van der Waals surface area (Å²) in [6.45, 7) is 1.75. The van der Waals surface area contributed by atoms with E-state index >= 15 is 0 Å². The first-order chi connectivity index (χ1) is 9.02. The van der Waals surface area contributed by atoms with Crippen LogP contribution >= 0.6 is 11.6 Å². The second-order valence-electron chi connectivity index (χ2n) is 4.08. The molecule has 102 valence electrons. The van der Waals surface area contributed by atoms with E-state index in [0.717, 1.165) is 12.1 Å². The zero-order valence-corrected chi connectivity index (χ0v) is 10.8. The van der Waals surface area contributed by atoms with Crippen molar-refractivity contribution in [3.63, 3.8) is 0 Å². The molecular weight excluding hydrogens is 276 g/mol. The van der Waals surface area contributed by atoms with E-state index in [0.29, 0.717) is 6.42 Å². The molecule has 0 saturated carbocycles. The summed E-state index contributed by atoms with van der Waals surface area (Å²) in [6, 6.07) is 2.38. The third-order valence-electron chi connectivity index (χ3n) is 2.83. The van der Waals surface area contributed by atoms with Gasteiger partial charge in [-0.25, -0.2) is 18.4 Å². The Morgan fingerprint density at radius 1 is 1.42 bits per heavy atom. The van der Waals surface area contributed by atoms with Gasteiger partial charge in [-0.3, -0.25) is 0 Å². The van der Waals surface area contributed by atoms with Crippen LogP contribution in [0, 0.1) is 11.6 Å². The summed E-state index contributed by atoms with van der Waals surface area (Å²) < 4.78 is 28.1. The van der Waals surface area contributed by atoms with Gasteiger partial charge in [0, 0.05) is 11.6 Å². The van der Waals surface area contributed by atoms with Crippen molar-refractivity contribution in [2.45, 2.75) is 25.5 Å². The van der Waals surface area contributed by atoms with Gasteiger partial charge >= 0.3 is 0 Å². The van der Waals surface area contributed by atoms with Crippen LogP contribution in [-0.2, 0) is 0 Å². The molecule has 0 amide bonds. The minimum absolute atomic E-state index is 0.00387. The molecule has 2 rings (SSSR count). The van der Waals surface area contributed by atoms with Crippen molar-refractivity contribution in [3.05, 3.63) is 47.0 Å². The van der Waals surface area contributed by atoms with Gasteiger partial charge in [0.2, 0.25) is 5.28 Å². The molecule has 2 unspecified atom stereocenters. The number of aromatic nitrogens is 3. The number of nitrogens with zero attached hydrogens (tertiary/aromatic N) is 3. The average Bonchev–Trinajstić information content (AvgIpc) is 2.78. The fourth-order valence-corrected chi connectivity index (χ4v) is 2.01. The van der Waals surface area contributed by atoms with E-state index in [1.165, 1.54) is 17.1 Å². The first-order valence-electron chi connectivity index (χ1n) is 5.72. The SMILES string of the molecule is CCC(O)C(c1ccc(F)cc1F)n1cnc(Cl)n1. The number of benzene rings is 1. The maximum Gasteiger partial charge on any atom is 0.242 e. The van der Waals surface area contributed by atoms with Crippen molar-refractivity contribution in [2.75, 3.05) is 0 Å². The molecule has 0 fully saturated rings. The van der Waals surface area contributed by atoms with E-state index in [4.69, 9.17) is 11.6 Å². The Morgan fingerprint density at radius 2 is 2.16 bits per heavy atom. The number of aliphatic hydroxyl groups excluding tert-OH is 1. The van der Waals surface area contributed by atoms with Crippen LogP contribution in [0.15, 0.2) is 24.5 Å². The van der Waals surface area contributed by atoms with Crippen LogP contribution < -0.4 is 0 Å². The predicted octanol–water partition coefficient (Wildman–Crippen LogP) is 2.57. The summed E-state index contributed by atoms with van der Waals surface area (Å²) in [5.41, 5.74) is 0.136. The topological polar surface area (TPSA) is 50.9 Å². The minimum atomic E-state index is -0.891. The number of halogens is 3. The molecule has 0 spiro atoms. The number of hydrogen-bond donors (Lipinski definition) is 1. The summed E-state index contributed by atoms with van der Waals surface area (Å²) in [6.07, 6.45) is 0.783. The molecule has 0 aliphatic heterocycles. The van der Waals surface area contributed by atoms with Gasteiger partial charge in [-0.05, 0) is 24.1 Å². The van der Waals surface area contributed by atoms with E-state index in [1.54, 1.807) is 6.92 Å². The Morgan fingerprint density at radius 3 is 2.68 bits per heavy atom. The summed E-state index contributed by atoms with van der Waals surface area (Å²) in [7, 11) is 0. The molecule has 0 bridgehead atoms. The van der Waals surface area contributed by atoms with Crippen molar-refractivity contribution in [1.82, 2.24) is 14.8 Å². The van der Waals surface area contributed by atoms with Crippen molar-refractivity contribution in [1.29, 1.82) is 0 Å². The molecule has 4 nitrogen and oxygen atoms in total. The molecule has 0 aliphatic carbocycles. The summed E-state index contributed by atoms with van der Waals surface area (Å²) in [5.74, 6) is -1.42. The third kappa shape index (κ3) is 2.90. The second-order valence-corrected chi connectivity index (χ2v) is 4.42.